The highest BCUT2D eigenvalue weighted by molar-refractivity contribution is 7.17. The van der Waals surface area contributed by atoms with Gasteiger partial charge in [0.05, 0.1) is 11.2 Å². The highest BCUT2D eigenvalue weighted by atomic mass is 32.1. The summed E-state index contributed by atoms with van der Waals surface area (Å²) in [5.41, 5.74) is 0.756. The molecule has 21 heavy (non-hydrogen) atoms. The Morgan fingerprint density at radius 3 is 2.57 bits per heavy atom. The van der Waals surface area contributed by atoms with E-state index < -0.39 is 11.6 Å². The Bertz CT molecular complexity index is 557. The molecule has 6 heteroatoms. The highest BCUT2D eigenvalue weighted by Crippen LogP contribution is 2.38. The van der Waals surface area contributed by atoms with E-state index in [4.69, 9.17) is 4.74 Å². The first kappa shape index (κ1) is 16.0. The Morgan fingerprint density at radius 2 is 1.95 bits per heavy atom. The molecule has 0 unspecified atom stereocenters. The summed E-state index contributed by atoms with van der Waals surface area (Å²) in [6, 6.07) is 0. The highest BCUT2D eigenvalue weighted by Gasteiger charge is 2.26. The molecule has 0 fully saturated rings. The van der Waals surface area contributed by atoms with Crippen LogP contribution in [0.2, 0.25) is 0 Å². The molecule has 0 radical (unpaired) electrons. The summed E-state index contributed by atoms with van der Waals surface area (Å²) in [6.07, 6.45) is 3.76. The summed E-state index contributed by atoms with van der Waals surface area (Å²) < 4.78 is 5.41. The molecule has 1 aromatic rings. The Morgan fingerprint density at radius 1 is 1.29 bits per heavy atom. The molecule has 5 nitrogen and oxygen atoms in total. The zero-order valence-electron chi connectivity index (χ0n) is 12.6. The molecule has 1 aliphatic rings. The van der Waals surface area contributed by atoms with Crippen molar-refractivity contribution < 1.29 is 19.4 Å². The van der Waals surface area contributed by atoms with Crippen LogP contribution in [0.5, 0.6) is 0 Å². The number of thiophene rings is 1. The van der Waals surface area contributed by atoms with E-state index in [1.54, 1.807) is 0 Å². The fourth-order valence-electron chi connectivity index (χ4n) is 2.32. The Balaban J connectivity index is 2.14. The fraction of sp³-hybridized carbons (Fsp3) is 0.600. The molecule has 0 aromatic carbocycles. The lowest BCUT2D eigenvalue weighted by molar-refractivity contribution is -0.125. The van der Waals surface area contributed by atoms with Crippen LogP contribution in [0.3, 0.4) is 0 Å². The van der Waals surface area contributed by atoms with Crippen LogP contribution in [0.15, 0.2) is 0 Å². The van der Waals surface area contributed by atoms with Crippen molar-refractivity contribution >= 4 is 28.2 Å². The predicted molar refractivity (Wildman–Crippen MR) is 82.3 cm³/mol. The summed E-state index contributed by atoms with van der Waals surface area (Å²) in [4.78, 5) is 24.5. The van der Waals surface area contributed by atoms with Crippen LogP contribution in [0.1, 0.15) is 54.4 Å². The number of aryl methyl sites for hydroxylation is 1. The summed E-state index contributed by atoms with van der Waals surface area (Å²) in [5.74, 6) is -1.28. The van der Waals surface area contributed by atoms with E-state index in [-0.39, 0.29) is 18.1 Å². The van der Waals surface area contributed by atoms with Gasteiger partial charge in [0.1, 0.15) is 11.6 Å². The van der Waals surface area contributed by atoms with E-state index in [0.717, 1.165) is 36.1 Å². The second-order valence-electron chi connectivity index (χ2n) is 6.17. The lowest BCUT2D eigenvalue weighted by Crippen LogP contribution is -2.27. The number of carboxylic acid groups (broad SMARTS) is 1. The van der Waals surface area contributed by atoms with Crippen molar-refractivity contribution in [2.75, 3.05) is 11.9 Å². The molecule has 1 aliphatic carbocycles. The molecule has 2 N–H and O–H groups in total. The van der Waals surface area contributed by atoms with E-state index in [0.29, 0.717) is 5.00 Å². The van der Waals surface area contributed by atoms with Crippen molar-refractivity contribution in [2.45, 2.75) is 52.1 Å². The molecule has 116 valence electrons. The number of amides is 1. The molecule has 2 rings (SSSR count). The zero-order valence-corrected chi connectivity index (χ0v) is 13.4. The van der Waals surface area contributed by atoms with Crippen molar-refractivity contribution in [1.82, 2.24) is 0 Å². The van der Waals surface area contributed by atoms with Crippen LogP contribution in [-0.2, 0) is 22.4 Å². The van der Waals surface area contributed by atoms with Crippen LogP contribution in [0.4, 0.5) is 5.00 Å². The summed E-state index contributed by atoms with van der Waals surface area (Å²) in [5, 5.41) is 12.5. The number of rotatable bonds is 4. The molecular weight excluding hydrogens is 290 g/mol. The van der Waals surface area contributed by atoms with Gasteiger partial charge in [-0.3, -0.25) is 4.79 Å². The zero-order chi connectivity index (χ0) is 15.6. The first-order valence-corrected chi connectivity index (χ1v) is 7.91. The number of hydrogen-bond acceptors (Lipinski definition) is 4. The second kappa shape index (κ2) is 6.15. The normalized spacial score (nSPS) is 14.6. The van der Waals surface area contributed by atoms with Gasteiger partial charge in [0.15, 0.2) is 0 Å². The van der Waals surface area contributed by atoms with Crippen LogP contribution < -0.4 is 5.32 Å². The Labute approximate surface area is 128 Å². The minimum atomic E-state index is -0.971. The van der Waals surface area contributed by atoms with Crippen molar-refractivity contribution in [3.8, 4) is 0 Å². The third kappa shape index (κ3) is 4.04. The van der Waals surface area contributed by atoms with Gasteiger partial charge in [0.25, 0.3) is 5.91 Å². The van der Waals surface area contributed by atoms with Crippen molar-refractivity contribution in [2.24, 2.45) is 0 Å². The first-order chi connectivity index (χ1) is 9.78. The number of carbonyl (C=O) groups is 2. The van der Waals surface area contributed by atoms with Gasteiger partial charge < -0.3 is 15.2 Å². The van der Waals surface area contributed by atoms with E-state index in [2.05, 4.69) is 5.32 Å². The van der Waals surface area contributed by atoms with Gasteiger partial charge in [-0.2, -0.15) is 0 Å². The predicted octanol–water partition coefficient (Wildman–Crippen LogP) is 3.08. The maximum atomic E-state index is 11.9. The standard InChI is InChI=1S/C15H21NO4S/c1-15(2,3)20-8-11(17)16-13-12(14(18)19)9-6-4-5-7-10(9)21-13/h4-8H2,1-3H3,(H,16,17)(H,18,19). The number of aromatic carboxylic acids is 1. The summed E-state index contributed by atoms with van der Waals surface area (Å²) in [7, 11) is 0. The van der Waals surface area contributed by atoms with E-state index >= 15 is 0 Å². The lowest BCUT2D eigenvalue weighted by atomic mass is 9.95. The number of carboxylic acids is 1. The molecule has 0 saturated heterocycles. The van der Waals surface area contributed by atoms with E-state index in [1.165, 1.54) is 11.3 Å². The van der Waals surface area contributed by atoms with Crippen molar-refractivity contribution in [1.29, 1.82) is 0 Å². The Kier molecular flexibility index (Phi) is 4.68. The third-order valence-corrected chi connectivity index (χ3v) is 4.48. The number of fused-ring (bicyclic) bond motifs is 1. The quantitative estimate of drug-likeness (QED) is 0.896. The summed E-state index contributed by atoms with van der Waals surface area (Å²) in [6.45, 7) is 5.53. The monoisotopic (exact) mass is 311 g/mol. The number of anilines is 1. The van der Waals surface area contributed by atoms with Gasteiger partial charge in [-0.05, 0) is 52.0 Å². The lowest BCUT2D eigenvalue weighted by Gasteiger charge is -2.18. The molecule has 1 heterocycles. The number of nitrogens with one attached hydrogen (secondary N) is 1. The molecule has 1 amide bonds. The van der Waals surface area contributed by atoms with Gasteiger partial charge in [0.2, 0.25) is 0 Å². The molecule has 0 spiro atoms. The van der Waals surface area contributed by atoms with Crippen molar-refractivity contribution in [3.05, 3.63) is 16.0 Å². The van der Waals surface area contributed by atoms with Gasteiger partial charge in [-0.25, -0.2) is 4.79 Å². The maximum Gasteiger partial charge on any atom is 0.339 e. The van der Waals surface area contributed by atoms with Crippen LogP contribution in [0, 0.1) is 0 Å². The number of ether oxygens (including phenoxy) is 1. The van der Waals surface area contributed by atoms with E-state index in [1.807, 2.05) is 20.8 Å². The first-order valence-electron chi connectivity index (χ1n) is 7.09. The second-order valence-corrected chi connectivity index (χ2v) is 7.27. The smallest absolute Gasteiger partial charge is 0.339 e. The van der Waals surface area contributed by atoms with Crippen LogP contribution >= 0.6 is 11.3 Å². The fourth-order valence-corrected chi connectivity index (χ4v) is 3.62. The SMILES string of the molecule is CC(C)(C)OCC(=O)Nc1sc2c(c1C(=O)O)CCCC2. The van der Waals surface area contributed by atoms with Gasteiger partial charge in [-0.1, -0.05) is 0 Å². The third-order valence-electron chi connectivity index (χ3n) is 3.27. The topological polar surface area (TPSA) is 75.6 Å². The molecule has 0 aliphatic heterocycles. The largest absolute Gasteiger partial charge is 0.478 e. The molecule has 1 aromatic heterocycles. The molecular formula is C15H21NO4S. The van der Waals surface area contributed by atoms with Crippen LogP contribution in [0.25, 0.3) is 0 Å². The van der Waals surface area contributed by atoms with Gasteiger partial charge in [-0.15, -0.1) is 11.3 Å². The maximum absolute atomic E-state index is 11.9. The average Bonchev–Trinajstić information content (AvgIpc) is 2.73. The Hall–Kier alpha value is -1.40. The molecule has 0 atom stereocenters. The minimum absolute atomic E-state index is 0.0782. The minimum Gasteiger partial charge on any atom is -0.478 e. The number of carbonyl (C=O) groups excluding carboxylic acids is 1. The van der Waals surface area contributed by atoms with Gasteiger partial charge in [0, 0.05) is 4.88 Å². The van der Waals surface area contributed by atoms with Gasteiger partial charge >= 0.3 is 5.97 Å². The van der Waals surface area contributed by atoms with Crippen molar-refractivity contribution in [3.63, 3.8) is 0 Å². The summed E-state index contributed by atoms with van der Waals surface area (Å²) >= 11 is 1.38. The van der Waals surface area contributed by atoms with E-state index in [9.17, 15) is 14.7 Å². The van der Waals surface area contributed by atoms with Crippen LogP contribution in [-0.4, -0.2) is 29.2 Å². The average molecular weight is 311 g/mol. The molecule has 0 saturated carbocycles. The number of hydrogen-bond donors (Lipinski definition) is 2. The molecule has 0 bridgehead atoms.